The molecule has 0 fully saturated rings. The Morgan fingerprint density at radius 3 is 1.50 bits per heavy atom. The number of aromatic carboxylic acids is 2. The van der Waals surface area contributed by atoms with Crippen molar-refractivity contribution in [1.29, 1.82) is 0 Å². The van der Waals surface area contributed by atoms with Gasteiger partial charge in [-0.25, -0.2) is 9.59 Å². The highest BCUT2D eigenvalue weighted by atomic mass is 16.4. The first-order chi connectivity index (χ1) is 9.29. The fraction of sp³-hybridized carbons (Fsp3) is 0.385. The van der Waals surface area contributed by atoms with Gasteiger partial charge in [-0.05, 0) is 18.2 Å². The Bertz CT molecular complexity index is 414. The molecule has 0 aliphatic rings. The highest BCUT2D eigenvalue weighted by Crippen LogP contribution is 2.11. The second-order valence-electron chi connectivity index (χ2n) is 4.48. The van der Waals surface area contributed by atoms with Crippen LogP contribution in [0.1, 0.15) is 27.6 Å². The van der Waals surface area contributed by atoms with Crippen LogP contribution >= 0.6 is 0 Å². The SMILES string of the molecule is CC(CO)(CO)CO.O=C(O)c1cccc(C(=O)O)c1. The highest BCUT2D eigenvalue weighted by Gasteiger charge is 2.20. The summed E-state index contributed by atoms with van der Waals surface area (Å²) in [4.78, 5) is 20.8. The summed E-state index contributed by atoms with van der Waals surface area (Å²) in [5, 5.41) is 42.4. The summed E-state index contributed by atoms with van der Waals surface area (Å²) in [5.74, 6) is -2.25. The monoisotopic (exact) mass is 286 g/mol. The molecule has 7 nitrogen and oxygen atoms in total. The minimum atomic E-state index is -1.13. The maximum absolute atomic E-state index is 10.4. The average molecular weight is 286 g/mol. The topological polar surface area (TPSA) is 135 Å². The molecule has 0 aliphatic carbocycles. The molecule has 1 aromatic rings. The van der Waals surface area contributed by atoms with Gasteiger partial charge in [0.15, 0.2) is 0 Å². The molecule has 0 spiro atoms. The standard InChI is InChI=1S/C8H6O4.C5H12O3/c9-7(10)5-2-1-3-6(4-5)8(11)12;1-5(2-6,3-7)4-8/h1-4H,(H,9,10)(H,11,12);6-8H,2-4H2,1H3. The summed E-state index contributed by atoms with van der Waals surface area (Å²) in [6.07, 6.45) is 0. The molecule has 0 atom stereocenters. The van der Waals surface area contributed by atoms with Crippen LogP contribution in [0.4, 0.5) is 0 Å². The lowest BCUT2D eigenvalue weighted by molar-refractivity contribution is 0.0200. The molecule has 0 heterocycles. The molecule has 0 bridgehead atoms. The van der Waals surface area contributed by atoms with E-state index in [1.54, 1.807) is 6.92 Å². The Morgan fingerprint density at radius 1 is 0.950 bits per heavy atom. The van der Waals surface area contributed by atoms with Crippen LogP contribution in [0.5, 0.6) is 0 Å². The predicted molar refractivity (Wildman–Crippen MR) is 69.7 cm³/mol. The van der Waals surface area contributed by atoms with E-state index in [9.17, 15) is 9.59 Å². The number of benzene rings is 1. The second kappa shape index (κ2) is 8.26. The van der Waals surface area contributed by atoms with E-state index in [1.165, 1.54) is 18.2 Å². The highest BCUT2D eigenvalue weighted by molar-refractivity contribution is 5.93. The zero-order chi connectivity index (χ0) is 15.8. The molecule has 0 saturated heterocycles. The molecule has 1 rings (SSSR count). The summed E-state index contributed by atoms with van der Waals surface area (Å²) in [6.45, 7) is 1.06. The van der Waals surface area contributed by atoms with Crippen molar-refractivity contribution in [3.63, 3.8) is 0 Å². The van der Waals surface area contributed by atoms with Crippen LogP contribution in [-0.4, -0.2) is 57.3 Å². The quantitative estimate of drug-likeness (QED) is 0.516. The Balaban J connectivity index is 0.000000396. The molecule has 20 heavy (non-hydrogen) atoms. The molecule has 0 amide bonds. The van der Waals surface area contributed by atoms with E-state index in [1.807, 2.05) is 0 Å². The zero-order valence-corrected chi connectivity index (χ0v) is 11.0. The molecular formula is C13H18O7. The van der Waals surface area contributed by atoms with Gasteiger partial charge in [-0.15, -0.1) is 0 Å². The van der Waals surface area contributed by atoms with E-state index in [0.29, 0.717) is 0 Å². The van der Waals surface area contributed by atoms with Crippen LogP contribution in [0.25, 0.3) is 0 Å². The van der Waals surface area contributed by atoms with Gasteiger partial charge in [0.2, 0.25) is 0 Å². The van der Waals surface area contributed by atoms with E-state index in [-0.39, 0.29) is 30.9 Å². The molecule has 1 aromatic carbocycles. The zero-order valence-electron chi connectivity index (χ0n) is 11.0. The second-order valence-corrected chi connectivity index (χ2v) is 4.48. The van der Waals surface area contributed by atoms with Crippen molar-refractivity contribution in [3.8, 4) is 0 Å². The summed E-state index contributed by atoms with van der Waals surface area (Å²) in [5.41, 5.74) is -0.746. The summed E-state index contributed by atoms with van der Waals surface area (Å²) < 4.78 is 0. The summed E-state index contributed by atoms with van der Waals surface area (Å²) >= 11 is 0. The van der Waals surface area contributed by atoms with Gasteiger partial charge in [-0.3, -0.25) is 0 Å². The molecule has 0 radical (unpaired) electrons. The van der Waals surface area contributed by atoms with E-state index in [0.717, 1.165) is 6.07 Å². The molecule has 0 unspecified atom stereocenters. The van der Waals surface area contributed by atoms with E-state index in [4.69, 9.17) is 25.5 Å². The van der Waals surface area contributed by atoms with Crippen LogP contribution in [0.2, 0.25) is 0 Å². The minimum absolute atomic E-state index is 0.0186. The van der Waals surface area contributed by atoms with Crippen molar-refractivity contribution in [1.82, 2.24) is 0 Å². The lowest BCUT2D eigenvalue weighted by Crippen LogP contribution is -2.29. The maximum Gasteiger partial charge on any atom is 0.335 e. The van der Waals surface area contributed by atoms with Gasteiger partial charge in [0.25, 0.3) is 0 Å². The third kappa shape index (κ3) is 5.79. The largest absolute Gasteiger partial charge is 0.478 e. The number of hydrogen-bond donors (Lipinski definition) is 5. The van der Waals surface area contributed by atoms with Crippen LogP contribution in [-0.2, 0) is 0 Å². The number of carbonyl (C=O) groups is 2. The smallest absolute Gasteiger partial charge is 0.335 e. The molecule has 0 aliphatic heterocycles. The van der Waals surface area contributed by atoms with Gasteiger partial charge in [0, 0.05) is 5.41 Å². The number of carboxylic acids is 2. The number of hydrogen-bond acceptors (Lipinski definition) is 5. The first kappa shape index (κ1) is 18.0. The predicted octanol–water partition coefficient (Wildman–Crippen LogP) is 0.0526. The van der Waals surface area contributed by atoms with Crippen molar-refractivity contribution in [3.05, 3.63) is 35.4 Å². The van der Waals surface area contributed by atoms with Crippen molar-refractivity contribution in [2.75, 3.05) is 19.8 Å². The minimum Gasteiger partial charge on any atom is -0.478 e. The Kier molecular flexibility index (Phi) is 7.45. The first-order valence-electron chi connectivity index (χ1n) is 5.69. The van der Waals surface area contributed by atoms with E-state index < -0.39 is 17.4 Å². The molecule has 5 N–H and O–H groups in total. The van der Waals surface area contributed by atoms with Gasteiger partial charge in [0.1, 0.15) is 0 Å². The Morgan fingerprint density at radius 2 is 1.30 bits per heavy atom. The Hall–Kier alpha value is -1.96. The fourth-order valence-electron chi connectivity index (χ4n) is 0.935. The van der Waals surface area contributed by atoms with Crippen LogP contribution in [0.3, 0.4) is 0 Å². The van der Waals surface area contributed by atoms with Crippen LogP contribution < -0.4 is 0 Å². The van der Waals surface area contributed by atoms with Crippen molar-refractivity contribution < 1.29 is 35.1 Å². The van der Waals surface area contributed by atoms with E-state index in [2.05, 4.69) is 0 Å². The number of rotatable bonds is 5. The molecule has 0 aromatic heterocycles. The first-order valence-corrected chi connectivity index (χ1v) is 5.69. The Labute approximate surface area is 115 Å². The normalized spacial score (nSPS) is 10.4. The number of aliphatic hydroxyl groups excluding tert-OH is 3. The van der Waals surface area contributed by atoms with Crippen molar-refractivity contribution in [2.24, 2.45) is 5.41 Å². The van der Waals surface area contributed by atoms with Gasteiger partial charge in [-0.2, -0.15) is 0 Å². The third-order valence-electron chi connectivity index (χ3n) is 2.50. The summed E-state index contributed by atoms with van der Waals surface area (Å²) in [6, 6.07) is 5.20. The van der Waals surface area contributed by atoms with E-state index >= 15 is 0 Å². The maximum atomic E-state index is 10.4. The lowest BCUT2D eigenvalue weighted by atomic mass is 9.95. The van der Waals surface area contributed by atoms with Gasteiger partial charge >= 0.3 is 11.9 Å². The molecular weight excluding hydrogens is 268 g/mol. The fourth-order valence-corrected chi connectivity index (χ4v) is 0.935. The summed E-state index contributed by atoms with van der Waals surface area (Å²) in [7, 11) is 0. The van der Waals surface area contributed by atoms with Gasteiger partial charge in [0.05, 0.1) is 30.9 Å². The van der Waals surface area contributed by atoms with Crippen molar-refractivity contribution >= 4 is 11.9 Å². The molecule has 0 saturated carbocycles. The van der Waals surface area contributed by atoms with Gasteiger partial charge < -0.3 is 25.5 Å². The number of carboxylic acid groups (broad SMARTS) is 2. The van der Waals surface area contributed by atoms with Gasteiger partial charge in [-0.1, -0.05) is 13.0 Å². The van der Waals surface area contributed by atoms with Crippen LogP contribution in [0.15, 0.2) is 24.3 Å². The van der Waals surface area contributed by atoms with Crippen molar-refractivity contribution in [2.45, 2.75) is 6.92 Å². The average Bonchev–Trinajstić information content (AvgIpc) is 2.47. The lowest BCUT2D eigenvalue weighted by Gasteiger charge is -2.20. The van der Waals surface area contributed by atoms with Crippen LogP contribution in [0, 0.1) is 5.41 Å². The number of aliphatic hydroxyl groups is 3. The molecule has 7 heteroatoms. The third-order valence-corrected chi connectivity index (χ3v) is 2.50. The molecule has 112 valence electrons.